The van der Waals surface area contributed by atoms with Crippen LogP contribution in [0.25, 0.3) is 0 Å². The minimum atomic E-state index is -0.589. The standard InChI is InChI=1S/C19H22N2O4/c1-12(2)13-5-4-6-15(9-13)21-19(23)14-7-8-16(17(10-14)24-3)25-11-18(20)22/h4-10,12H,11H2,1-3H3,(H2,20,22)(H,21,23). The third-order valence-electron chi connectivity index (χ3n) is 3.61. The zero-order chi connectivity index (χ0) is 18.4. The molecule has 6 heteroatoms. The molecule has 0 heterocycles. The van der Waals surface area contributed by atoms with Gasteiger partial charge in [-0.25, -0.2) is 0 Å². The molecule has 0 unspecified atom stereocenters. The highest BCUT2D eigenvalue weighted by Crippen LogP contribution is 2.28. The topological polar surface area (TPSA) is 90.7 Å². The molecule has 0 fully saturated rings. The normalized spacial score (nSPS) is 10.4. The van der Waals surface area contributed by atoms with Crippen LogP contribution < -0.4 is 20.5 Å². The maximum absolute atomic E-state index is 12.5. The van der Waals surface area contributed by atoms with Crippen LogP contribution in [0.4, 0.5) is 5.69 Å². The number of hydrogen-bond acceptors (Lipinski definition) is 4. The minimum Gasteiger partial charge on any atom is -0.493 e. The summed E-state index contributed by atoms with van der Waals surface area (Å²) in [6, 6.07) is 12.4. The Hall–Kier alpha value is -3.02. The van der Waals surface area contributed by atoms with Crippen molar-refractivity contribution in [2.45, 2.75) is 19.8 Å². The molecule has 0 spiro atoms. The van der Waals surface area contributed by atoms with Gasteiger partial charge in [-0.3, -0.25) is 9.59 Å². The van der Waals surface area contributed by atoms with Gasteiger partial charge in [-0.05, 0) is 41.8 Å². The quantitative estimate of drug-likeness (QED) is 0.809. The number of carbonyl (C=O) groups is 2. The van der Waals surface area contributed by atoms with E-state index >= 15 is 0 Å². The Morgan fingerprint density at radius 2 is 1.88 bits per heavy atom. The smallest absolute Gasteiger partial charge is 0.255 e. The number of benzene rings is 2. The number of ether oxygens (including phenoxy) is 2. The van der Waals surface area contributed by atoms with Crippen LogP contribution in [-0.4, -0.2) is 25.5 Å². The minimum absolute atomic E-state index is 0.260. The van der Waals surface area contributed by atoms with E-state index < -0.39 is 5.91 Å². The number of carbonyl (C=O) groups excluding carboxylic acids is 2. The lowest BCUT2D eigenvalue weighted by Crippen LogP contribution is -2.20. The van der Waals surface area contributed by atoms with Crippen molar-refractivity contribution in [2.75, 3.05) is 19.0 Å². The van der Waals surface area contributed by atoms with Crippen molar-refractivity contribution in [1.82, 2.24) is 0 Å². The molecule has 0 bridgehead atoms. The first-order valence-electron chi connectivity index (χ1n) is 7.91. The summed E-state index contributed by atoms with van der Waals surface area (Å²) in [5.41, 5.74) is 7.35. The third kappa shape index (κ3) is 4.97. The summed E-state index contributed by atoms with van der Waals surface area (Å²) in [4.78, 5) is 23.3. The highest BCUT2D eigenvalue weighted by molar-refractivity contribution is 6.04. The van der Waals surface area contributed by atoms with Crippen LogP contribution >= 0.6 is 0 Å². The second-order valence-electron chi connectivity index (χ2n) is 5.85. The first-order valence-corrected chi connectivity index (χ1v) is 7.91. The van der Waals surface area contributed by atoms with Gasteiger partial charge in [-0.1, -0.05) is 26.0 Å². The van der Waals surface area contributed by atoms with Gasteiger partial charge in [-0.2, -0.15) is 0 Å². The number of primary amides is 1. The van der Waals surface area contributed by atoms with Crippen LogP contribution in [-0.2, 0) is 4.79 Å². The Morgan fingerprint density at radius 1 is 1.12 bits per heavy atom. The second-order valence-corrected chi connectivity index (χ2v) is 5.85. The largest absolute Gasteiger partial charge is 0.493 e. The molecule has 0 saturated carbocycles. The number of rotatable bonds is 7. The molecular formula is C19H22N2O4. The number of amides is 2. The molecular weight excluding hydrogens is 320 g/mol. The van der Waals surface area contributed by atoms with Crippen LogP contribution in [0.5, 0.6) is 11.5 Å². The average Bonchev–Trinajstić information content (AvgIpc) is 2.59. The maximum atomic E-state index is 12.5. The monoisotopic (exact) mass is 342 g/mol. The number of methoxy groups -OCH3 is 1. The van der Waals surface area contributed by atoms with Gasteiger partial charge in [0.15, 0.2) is 18.1 Å². The molecule has 2 aromatic carbocycles. The zero-order valence-corrected chi connectivity index (χ0v) is 14.5. The SMILES string of the molecule is COc1cc(C(=O)Nc2cccc(C(C)C)c2)ccc1OCC(N)=O. The highest BCUT2D eigenvalue weighted by atomic mass is 16.5. The fraction of sp³-hybridized carbons (Fsp3) is 0.263. The summed E-state index contributed by atoms with van der Waals surface area (Å²) in [5.74, 6) is 0.220. The Bertz CT molecular complexity index is 772. The number of anilines is 1. The van der Waals surface area contributed by atoms with Crippen molar-refractivity contribution in [3.8, 4) is 11.5 Å². The summed E-state index contributed by atoms with van der Waals surface area (Å²) in [5, 5.41) is 2.87. The molecule has 0 atom stereocenters. The summed E-state index contributed by atoms with van der Waals surface area (Å²) in [6.07, 6.45) is 0. The van der Waals surface area contributed by atoms with E-state index in [4.69, 9.17) is 15.2 Å². The first-order chi connectivity index (χ1) is 11.9. The fourth-order valence-corrected chi connectivity index (χ4v) is 2.26. The molecule has 25 heavy (non-hydrogen) atoms. The van der Waals surface area contributed by atoms with Crippen molar-refractivity contribution in [1.29, 1.82) is 0 Å². The fourth-order valence-electron chi connectivity index (χ4n) is 2.26. The van der Waals surface area contributed by atoms with Crippen LogP contribution in [0.3, 0.4) is 0 Å². The van der Waals surface area contributed by atoms with Crippen LogP contribution in [0, 0.1) is 0 Å². The van der Waals surface area contributed by atoms with E-state index in [2.05, 4.69) is 19.2 Å². The van der Waals surface area contributed by atoms with Gasteiger partial charge in [-0.15, -0.1) is 0 Å². The predicted molar refractivity (Wildman–Crippen MR) is 96.2 cm³/mol. The molecule has 0 saturated heterocycles. The van der Waals surface area contributed by atoms with Gasteiger partial charge in [0.25, 0.3) is 11.8 Å². The Balaban J connectivity index is 2.16. The van der Waals surface area contributed by atoms with Gasteiger partial charge in [0.05, 0.1) is 7.11 Å². The molecule has 6 nitrogen and oxygen atoms in total. The Labute approximate surface area is 146 Å². The van der Waals surface area contributed by atoms with E-state index in [0.717, 1.165) is 11.3 Å². The second kappa shape index (κ2) is 8.19. The summed E-state index contributed by atoms with van der Waals surface area (Å²) >= 11 is 0. The van der Waals surface area contributed by atoms with E-state index in [1.807, 2.05) is 24.3 Å². The molecule has 3 N–H and O–H groups in total. The summed E-state index contributed by atoms with van der Waals surface area (Å²) in [6.45, 7) is 3.93. The summed E-state index contributed by atoms with van der Waals surface area (Å²) in [7, 11) is 1.46. The number of nitrogens with two attached hydrogens (primary N) is 1. The van der Waals surface area contributed by atoms with Gasteiger partial charge in [0, 0.05) is 11.3 Å². The van der Waals surface area contributed by atoms with Crippen molar-refractivity contribution in [3.05, 3.63) is 53.6 Å². The number of nitrogens with one attached hydrogen (secondary N) is 1. The van der Waals surface area contributed by atoms with E-state index in [-0.39, 0.29) is 12.5 Å². The molecule has 2 rings (SSSR count). The van der Waals surface area contributed by atoms with Crippen LogP contribution in [0.1, 0.15) is 35.7 Å². The highest BCUT2D eigenvalue weighted by Gasteiger charge is 2.12. The van der Waals surface area contributed by atoms with E-state index in [1.54, 1.807) is 18.2 Å². The molecule has 0 aliphatic rings. The van der Waals surface area contributed by atoms with Crippen molar-refractivity contribution in [2.24, 2.45) is 5.73 Å². The van der Waals surface area contributed by atoms with Crippen molar-refractivity contribution in [3.63, 3.8) is 0 Å². The maximum Gasteiger partial charge on any atom is 0.255 e. The summed E-state index contributed by atoms with van der Waals surface area (Å²) < 4.78 is 10.5. The lowest BCUT2D eigenvalue weighted by atomic mass is 10.0. The first kappa shape index (κ1) is 18.3. The van der Waals surface area contributed by atoms with Gasteiger partial charge >= 0.3 is 0 Å². The Morgan fingerprint density at radius 3 is 2.52 bits per heavy atom. The van der Waals surface area contributed by atoms with Gasteiger partial charge < -0.3 is 20.5 Å². The van der Waals surface area contributed by atoms with E-state index in [1.165, 1.54) is 7.11 Å². The van der Waals surface area contributed by atoms with Crippen LogP contribution in [0.15, 0.2) is 42.5 Å². The number of hydrogen-bond donors (Lipinski definition) is 2. The molecule has 0 aromatic heterocycles. The average molecular weight is 342 g/mol. The lowest BCUT2D eigenvalue weighted by molar-refractivity contribution is -0.119. The van der Waals surface area contributed by atoms with Gasteiger partial charge in [0.2, 0.25) is 0 Å². The lowest BCUT2D eigenvalue weighted by Gasteiger charge is -2.12. The van der Waals surface area contributed by atoms with E-state index in [0.29, 0.717) is 23.0 Å². The molecule has 0 aliphatic carbocycles. The third-order valence-corrected chi connectivity index (χ3v) is 3.61. The Kier molecular flexibility index (Phi) is 6.00. The zero-order valence-electron chi connectivity index (χ0n) is 14.5. The predicted octanol–water partition coefficient (Wildman–Crippen LogP) is 2.94. The van der Waals surface area contributed by atoms with Gasteiger partial charge in [0.1, 0.15) is 0 Å². The van der Waals surface area contributed by atoms with E-state index in [9.17, 15) is 9.59 Å². The molecule has 0 radical (unpaired) electrons. The molecule has 132 valence electrons. The molecule has 2 aromatic rings. The molecule has 2 amide bonds. The van der Waals surface area contributed by atoms with Crippen molar-refractivity contribution >= 4 is 17.5 Å². The van der Waals surface area contributed by atoms with Crippen molar-refractivity contribution < 1.29 is 19.1 Å². The molecule has 0 aliphatic heterocycles. The van der Waals surface area contributed by atoms with Crippen LogP contribution in [0.2, 0.25) is 0 Å².